The molecule has 2 rings (SSSR count). The Balaban J connectivity index is 2.17. The van der Waals surface area contributed by atoms with Crippen LogP contribution in [-0.2, 0) is 16.0 Å². The molecule has 0 atom stereocenters. The van der Waals surface area contributed by atoms with Crippen molar-refractivity contribution < 1.29 is 28.9 Å². The van der Waals surface area contributed by atoms with Gasteiger partial charge in [0.05, 0.1) is 27.8 Å². The first kappa shape index (κ1) is 19.9. The Hall–Kier alpha value is -2.44. The smallest absolute Gasteiger partial charge is 0.329 e. The fourth-order valence-corrected chi connectivity index (χ4v) is 3.38. The van der Waals surface area contributed by atoms with E-state index in [0.29, 0.717) is 41.6 Å². The highest BCUT2D eigenvalue weighted by molar-refractivity contribution is 5.88. The van der Waals surface area contributed by atoms with Gasteiger partial charge in [0.15, 0.2) is 11.5 Å². The maximum Gasteiger partial charge on any atom is 0.329 e. The lowest BCUT2D eigenvalue weighted by Gasteiger charge is -2.36. The predicted octanol–water partition coefficient (Wildman–Crippen LogP) is 2.40. The Labute approximate surface area is 153 Å². The zero-order valence-corrected chi connectivity index (χ0v) is 15.8. The average Bonchev–Trinajstić information content (AvgIpc) is 2.62. The summed E-state index contributed by atoms with van der Waals surface area (Å²) in [5.74, 6) is 0.527. The zero-order valence-electron chi connectivity index (χ0n) is 15.8. The highest BCUT2D eigenvalue weighted by Gasteiger charge is 2.42. The normalized spacial score (nSPS) is 22.4. The van der Waals surface area contributed by atoms with Gasteiger partial charge in [-0.25, -0.2) is 4.79 Å². The third kappa shape index (κ3) is 4.20. The van der Waals surface area contributed by atoms with E-state index in [9.17, 15) is 14.7 Å². The summed E-state index contributed by atoms with van der Waals surface area (Å²) in [6, 6.07) is 3.38. The summed E-state index contributed by atoms with van der Waals surface area (Å²) in [4.78, 5) is 24.3. The fraction of sp³-hybridized carbons (Fsp3) is 0.579. The molecular formula is C19H27NO6. The number of carboxylic acid groups (broad SMARTS) is 1. The molecule has 1 saturated carbocycles. The third-order valence-corrected chi connectivity index (χ3v) is 5.01. The van der Waals surface area contributed by atoms with Gasteiger partial charge in [-0.3, -0.25) is 4.79 Å². The second kappa shape index (κ2) is 8.29. The molecule has 0 bridgehead atoms. The molecule has 0 aromatic heterocycles. The van der Waals surface area contributed by atoms with Crippen molar-refractivity contribution in [3.63, 3.8) is 0 Å². The van der Waals surface area contributed by atoms with Crippen molar-refractivity contribution >= 4 is 11.9 Å². The van der Waals surface area contributed by atoms with Gasteiger partial charge in [-0.1, -0.05) is 6.92 Å². The number of amides is 1. The van der Waals surface area contributed by atoms with E-state index in [4.69, 9.17) is 14.2 Å². The minimum Gasteiger partial charge on any atom is -0.493 e. The molecule has 26 heavy (non-hydrogen) atoms. The standard InChI is InChI=1S/C19H27NO6/c1-12-5-7-19(8-6-12,18(22)23)20-16(21)11-13-9-14(24-2)17(26-4)15(10-13)25-3/h9-10,12H,5-8,11H2,1-4H3,(H,20,21)(H,22,23). The molecule has 1 aliphatic rings. The van der Waals surface area contributed by atoms with Crippen LogP contribution in [-0.4, -0.2) is 43.9 Å². The summed E-state index contributed by atoms with van der Waals surface area (Å²) in [5, 5.41) is 12.4. The number of aliphatic carboxylic acids is 1. The highest BCUT2D eigenvalue weighted by atomic mass is 16.5. The molecule has 0 spiro atoms. The Bertz CT molecular complexity index is 639. The van der Waals surface area contributed by atoms with E-state index in [-0.39, 0.29) is 12.3 Å². The lowest BCUT2D eigenvalue weighted by molar-refractivity contribution is -0.149. The molecule has 0 saturated heterocycles. The Morgan fingerprint density at radius 1 is 1.12 bits per heavy atom. The van der Waals surface area contributed by atoms with Gasteiger partial charge in [-0.15, -0.1) is 0 Å². The molecule has 1 amide bonds. The second-order valence-electron chi connectivity index (χ2n) is 6.83. The minimum atomic E-state index is -1.18. The van der Waals surface area contributed by atoms with Crippen LogP contribution in [0.1, 0.15) is 38.2 Å². The Kier molecular flexibility index (Phi) is 6.34. The number of ether oxygens (including phenoxy) is 3. The van der Waals surface area contributed by atoms with Gasteiger partial charge in [-0.2, -0.15) is 0 Å². The monoisotopic (exact) mass is 365 g/mol. The van der Waals surface area contributed by atoms with Gasteiger partial charge in [0.1, 0.15) is 5.54 Å². The third-order valence-electron chi connectivity index (χ3n) is 5.01. The fourth-order valence-electron chi connectivity index (χ4n) is 3.38. The van der Waals surface area contributed by atoms with E-state index in [2.05, 4.69) is 12.2 Å². The first-order valence-corrected chi connectivity index (χ1v) is 8.68. The van der Waals surface area contributed by atoms with Crippen molar-refractivity contribution in [3.8, 4) is 17.2 Å². The molecule has 1 aliphatic carbocycles. The maximum absolute atomic E-state index is 12.5. The minimum absolute atomic E-state index is 0.0291. The lowest BCUT2D eigenvalue weighted by atomic mass is 9.77. The van der Waals surface area contributed by atoms with Crippen molar-refractivity contribution in [2.75, 3.05) is 21.3 Å². The largest absolute Gasteiger partial charge is 0.493 e. The van der Waals surface area contributed by atoms with Crippen molar-refractivity contribution in [3.05, 3.63) is 17.7 Å². The van der Waals surface area contributed by atoms with E-state index in [1.54, 1.807) is 12.1 Å². The van der Waals surface area contributed by atoms with Crippen LogP contribution in [0, 0.1) is 5.92 Å². The number of nitrogens with one attached hydrogen (secondary N) is 1. The van der Waals surface area contributed by atoms with E-state index < -0.39 is 11.5 Å². The average molecular weight is 365 g/mol. The maximum atomic E-state index is 12.5. The van der Waals surface area contributed by atoms with E-state index in [0.717, 1.165) is 12.8 Å². The number of hydrogen-bond acceptors (Lipinski definition) is 5. The van der Waals surface area contributed by atoms with E-state index >= 15 is 0 Å². The summed E-state index contributed by atoms with van der Waals surface area (Å²) < 4.78 is 15.8. The van der Waals surface area contributed by atoms with Crippen LogP contribution in [0.15, 0.2) is 12.1 Å². The summed E-state index contributed by atoms with van der Waals surface area (Å²) in [5.41, 5.74) is -0.522. The Morgan fingerprint density at radius 2 is 1.65 bits per heavy atom. The summed E-state index contributed by atoms with van der Waals surface area (Å²) in [6.07, 6.45) is 2.50. The SMILES string of the molecule is COc1cc(CC(=O)NC2(C(=O)O)CCC(C)CC2)cc(OC)c1OC. The molecule has 7 heteroatoms. The molecular weight excluding hydrogens is 338 g/mol. The Morgan fingerprint density at radius 3 is 2.08 bits per heavy atom. The van der Waals surface area contributed by atoms with Crippen LogP contribution in [0.3, 0.4) is 0 Å². The molecule has 0 heterocycles. The van der Waals surface area contributed by atoms with E-state index in [1.165, 1.54) is 21.3 Å². The number of hydrogen-bond donors (Lipinski definition) is 2. The lowest BCUT2D eigenvalue weighted by Crippen LogP contribution is -2.56. The number of carboxylic acids is 1. The molecule has 0 aliphatic heterocycles. The van der Waals surface area contributed by atoms with Crippen LogP contribution in [0.4, 0.5) is 0 Å². The number of benzene rings is 1. The van der Waals surface area contributed by atoms with Crippen LogP contribution in [0.2, 0.25) is 0 Å². The van der Waals surface area contributed by atoms with Crippen LogP contribution in [0.25, 0.3) is 0 Å². The molecule has 0 radical (unpaired) electrons. The topological polar surface area (TPSA) is 94.1 Å². The first-order valence-electron chi connectivity index (χ1n) is 8.68. The van der Waals surface area contributed by atoms with Gasteiger partial charge in [0, 0.05) is 0 Å². The molecule has 1 aromatic carbocycles. The summed E-state index contributed by atoms with van der Waals surface area (Å²) in [6.45, 7) is 2.10. The number of methoxy groups -OCH3 is 3. The quantitative estimate of drug-likeness (QED) is 0.771. The molecule has 1 aromatic rings. The van der Waals surface area contributed by atoms with Crippen molar-refractivity contribution in [1.29, 1.82) is 0 Å². The predicted molar refractivity (Wildman–Crippen MR) is 95.9 cm³/mol. The molecule has 0 unspecified atom stereocenters. The number of rotatable bonds is 7. The van der Waals surface area contributed by atoms with Gasteiger partial charge < -0.3 is 24.6 Å². The van der Waals surface area contributed by atoms with Gasteiger partial charge in [-0.05, 0) is 49.3 Å². The molecule has 2 N–H and O–H groups in total. The van der Waals surface area contributed by atoms with Gasteiger partial charge in [0.25, 0.3) is 0 Å². The van der Waals surface area contributed by atoms with Crippen LogP contribution in [0.5, 0.6) is 17.2 Å². The molecule has 1 fully saturated rings. The molecule has 144 valence electrons. The van der Waals surface area contributed by atoms with Crippen molar-refractivity contribution in [2.24, 2.45) is 5.92 Å². The van der Waals surface area contributed by atoms with Crippen LogP contribution >= 0.6 is 0 Å². The van der Waals surface area contributed by atoms with Gasteiger partial charge in [0.2, 0.25) is 11.7 Å². The number of carbonyl (C=O) groups is 2. The van der Waals surface area contributed by atoms with Crippen LogP contribution < -0.4 is 19.5 Å². The van der Waals surface area contributed by atoms with Crippen molar-refractivity contribution in [2.45, 2.75) is 44.6 Å². The summed E-state index contributed by atoms with van der Waals surface area (Å²) in [7, 11) is 4.51. The molecule has 7 nitrogen and oxygen atoms in total. The second-order valence-corrected chi connectivity index (χ2v) is 6.83. The van der Waals surface area contributed by atoms with Crippen molar-refractivity contribution in [1.82, 2.24) is 5.32 Å². The summed E-state index contributed by atoms with van der Waals surface area (Å²) >= 11 is 0. The number of carbonyl (C=O) groups excluding carboxylic acids is 1. The first-order chi connectivity index (χ1) is 12.3. The highest BCUT2D eigenvalue weighted by Crippen LogP contribution is 2.38. The van der Waals surface area contributed by atoms with Gasteiger partial charge >= 0.3 is 5.97 Å². The zero-order chi connectivity index (χ0) is 19.3. The van der Waals surface area contributed by atoms with E-state index in [1.807, 2.05) is 0 Å².